The number of piperazine rings is 1. The molecule has 0 spiro atoms. The topological polar surface area (TPSA) is 58.3 Å². The molecule has 0 bridgehead atoms. The highest BCUT2D eigenvalue weighted by molar-refractivity contribution is 7.99. The van der Waals surface area contributed by atoms with Crippen molar-refractivity contribution in [3.63, 3.8) is 0 Å². The molecule has 0 aliphatic carbocycles. The molecule has 25 heavy (non-hydrogen) atoms. The summed E-state index contributed by atoms with van der Waals surface area (Å²) in [5, 5.41) is 3.15. The summed E-state index contributed by atoms with van der Waals surface area (Å²) in [5.41, 5.74) is 6.04. The van der Waals surface area contributed by atoms with Crippen LogP contribution in [-0.4, -0.2) is 48.1 Å². The number of nitrogens with two attached hydrogens (primary N) is 1. The fourth-order valence-electron chi connectivity index (χ4n) is 3.01. The van der Waals surface area contributed by atoms with Gasteiger partial charge in [-0.15, -0.1) is 0 Å². The third kappa shape index (κ3) is 3.70. The van der Waals surface area contributed by atoms with Gasteiger partial charge < -0.3 is 15.5 Å². The van der Waals surface area contributed by atoms with Crippen LogP contribution in [0.2, 0.25) is 0 Å². The van der Waals surface area contributed by atoms with Gasteiger partial charge in [0.1, 0.15) is 11.6 Å². The monoisotopic (exact) mass is 351 g/mol. The average molecular weight is 351 g/mol. The molecule has 6 heteroatoms. The van der Waals surface area contributed by atoms with Crippen molar-refractivity contribution >= 4 is 34.2 Å². The Morgan fingerprint density at radius 1 is 0.920 bits per heavy atom. The fraction of sp³-hybridized carbons (Fsp3) is 0.263. The maximum Gasteiger partial charge on any atom is 0.196 e. The van der Waals surface area contributed by atoms with E-state index in [2.05, 4.69) is 64.3 Å². The molecule has 1 aromatic heterocycles. The highest BCUT2D eigenvalue weighted by Gasteiger charge is 2.17. The Hall–Kier alpha value is -2.31. The highest BCUT2D eigenvalue weighted by atomic mass is 32.2. The van der Waals surface area contributed by atoms with E-state index in [4.69, 9.17) is 10.7 Å². The Bertz CT molecular complexity index is 890. The normalized spacial score (nSPS) is 15.6. The first-order chi connectivity index (χ1) is 12.2. The lowest BCUT2D eigenvalue weighted by Crippen LogP contribution is -2.44. The fourth-order valence-corrected chi connectivity index (χ4v) is 3.83. The van der Waals surface area contributed by atoms with Crippen molar-refractivity contribution < 1.29 is 0 Å². The summed E-state index contributed by atoms with van der Waals surface area (Å²) in [6.07, 6.45) is 0. The lowest BCUT2D eigenvalue weighted by Gasteiger charge is -2.33. The van der Waals surface area contributed by atoms with Crippen LogP contribution in [0.15, 0.2) is 58.6 Å². The zero-order chi connectivity index (χ0) is 17.2. The summed E-state index contributed by atoms with van der Waals surface area (Å²) < 4.78 is 0. The Morgan fingerprint density at radius 3 is 2.48 bits per heavy atom. The molecule has 1 fully saturated rings. The Kier molecular flexibility index (Phi) is 4.46. The van der Waals surface area contributed by atoms with Crippen molar-refractivity contribution in [2.45, 2.75) is 10.1 Å². The summed E-state index contributed by atoms with van der Waals surface area (Å²) in [5.74, 6) is 1.44. The van der Waals surface area contributed by atoms with Gasteiger partial charge in [-0.1, -0.05) is 30.3 Å². The van der Waals surface area contributed by atoms with Crippen LogP contribution in [0.5, 0.6) is 0 Å². The van der Waals surface area contributed by atoms with Crippen LogP contribution in [0.3, 0.4) is 0 Å². The quantitative estimate of drug-likeness (QED) is 0.732. The molecule has 2 N–H and O–H groups in total. The first-order valence-corrected chi connectivity index (χ1v) is 9.24. The zero-order valence-electron chi connectivity index (χ0n) is 14.2. The molecule has 1 saturated heterocycles. The molecule has 3 aromatic rings. The molecule has 0 amide bonds. The molecular formula is C19H21N5S. The molecule has 0 radical (unpaired) electrons. The maximum absolute atomic E-state index is 6.04. The smallest absolute Gasteiger partial charge is 0.196 e. The van der Waals surface area contributed by atoms with Gasteiger partial charge in [0.05, 0.1) is 0 Å². The molecule has 1 aliphatic rings. The number of likely N-dealkylation sites (N-methyl/N-ethyl adjacent to an activating group) is 1. The van der Waals surface area contributed by atoms with E-state index in [1.54, 1.807) is 11.8 Å². The van der Waals surface area contributed by atoms with Gasteiger partial charge in [-0.05, 0) is 41.7 Å². The second-order valence-corrected chi connectivity index (χ2v) is 7.38. The highest BCUT2D eigenvalue weighted by Crippen LogP contribution is 2.30. The van der Waals surface area contributed by atoms with Crippen LogP contribution in [0.25, 0.3) is 10.8 Å². The minimum Gasteiger partial charge on any atom is -0.383 e. The van der Waals surface area contributed by atoms with Gasteiger partial charge in [-0.25, -0.2) is 9.97 Å². The maximum atomic E-state index is 6.04. The van der Waals surface area contributed by atoms with E-state index in [1.165, 1.54) is 10.8 Å². The third-order valence-corrected chi connectivity index (χ3v) is 5.32. The number of benzene rings is 2. The van der Waals surface area contributed by atoms with Gasteiger partial charge in [0, 0.05) is 37.1 Å². The van der Waals surface area contributed by atoms with Crippen molar-refractivity contribution in [3.05, 3.63) is 48.5 Å². The number of nitrogen functional groups attached to an aromatic ring is 1. The van der Waals surface area contributed by atoms with Crippen molar-refractivity contribution in [2.75, 3.05) is 43.9 Å². The van der Waals surface area contributed by atoms with Gasteiger partial charge in [-0.3, -0.25) is 0 Å². The van der Waals surface area contributed by atoms with Crippen LogP contribution in [0.4, 0.5) is 11.6 Å². The van der Waals surface area contributed by atoms with Gasteiger partial charge in [0.2, 0.25) is 0 Å². The number of aromatic nitrogens is 2. The minimum atomic E-state index is 0.521. The van der Waals surface area contributed by atoms with E-state index in [9.17, 15) is 0 Å². The van der Waals surface area contributed by atoms with Crippen molar-refractivity contribution in [2.24, 2.45) is 0 Å². The van der Waals surface area contributed by atoms with Crippen LogP contribution in [-0.2, 0) is 0 Å². The second-order valence-electron chi connectivity index (χ2n) is 6.33. The number of fused-ring (bicyclic) bond motifs is 1. The summed E-state index contributed by atoms with van der Waals surface area (Å²) in [6.45, 7) is 4.01. The molecular weight excluding hydrogens is 330 g/mol. The van der Waals surface area contributed by atoms with E-state index >= 15 is 0 Å². The minimum absolute atomic E-state index is 0.521. The Balaban J connectivity index is 1.59. The van der Waals surface area contributed by atoms with Crippen LogP contribution in [0.1, 0.15) is 0 Å². The number of rotatable bonds is 3. The lowest BCUT2D eigenvalue weighted by molar-refractivity contribution is 0.312. The van der Waals surface area contributed by atoms with E-state index in [-0.39, 0.29) is 0 Å². The zero-order valence-corrected chi connectivity index (χ0v) is 15.0. The lowest BCUT2D eigenvalue weighted by atomic mass is 10.1. The average Bonchev–Trinajstić information content (AvgIpc) is 2.62. The summed E-state index contributed by atoms with van der Waals surface area (Å²) in [4.78, 5) is 14.9. The largest absolute Gasteiger partial charge is 0.383 e. The summed E-state index contributed by atoms with van der Waals surface area (Å²) in [7, 11) is 2.15. The molecule has 4 rings (SSSR count). The number of hydrogen-bond donors (Lipinski definition) is 1. The van der Waals surface area contributed by atoms with Crippen LogP contribution in [0, 0.1) is 0 Å². The molecule has 0 saturated carbocycles. The second kappa shape index (κ2) is 6.90. The Labute approximate surface area is 151 Å². The van der Waals surface area contributed by atoms with Gasteiger partial charge >= 0.3 is 0 Å². The molecule has 5 nitrogen and oxygen atoms in total. The van der Waals surface area contributed by atoms with Crippen molar-refractivity contribution in [1.82, 2.24) is 14.9 Å². The number of anilines is 2. The molecule has 1 aliphatic heterocycles. The van der Waals surface area contributed by atoms with E-state index in [0.29, 0.717) is 11.0 Å². The summed E-state index contributed by atoms with van der Waals surface area (Å²) in [6, 6.07) is 16.6. The SMILES string of the molecule is CN1CCN(c2cc(N)nc(Sc3ccc4ccccc4c3)n2)CC1. The first-order valence-electron chi connectivity index (χ1n) is 8.42. The van der Waals surface area contributed by atoms with E-state index in [1.807, 2.05) is 6.07 Å². The van der Waals surface area contributed by atoms with Gasteiger partial charge in [-0.2, -0.15) is 0 Å². The first kappa shape index (κ1) is 16.2. The molecule has 0 atom stereocenters. The van der Waals surface area contributed by atoms with Gasteiger partial charge in [0.25, 0.3) is 0 Å². The van der Waals surface area contributed by atoms with Gasteiger partial charge in [0.15, 0.2) is 5.16 Å². The summed E-state index contributed by atoms with van der Waals surface area (Å²) >= 11 is 1.56. The Morgan fingerprint density at radius 2 is 1.68 bits per heavy atom. The van der Waals surface area contributed by atoms with Crippen LogP contribution >= 0.6 is 11.8 Å². The van der Waals surface area contributed by atoms with E-state index < -0.39 is 0 Å². The predicted molar refractivity (Wildman–Crippen MR) is 104 cm³/mol. The van der Waals surface area contributed by atoms with Crippen LogP contribution < -0.4 is 10.6 Å². The number of hydrogen-bond acceptors (Lipinski definition) is 6. The molecule has 128 valence electrons. The molecule has 2 heterocycles. The molecule has 0 unspecified atom stereocenters. The molecule has 2 aromatic carbocycles. The number of nitrogens with zero attached hydrogens (tertiary/aromatic N) is 4. The van der Waals surface area contributed by atoms with Crippen molar-refractivity contribution in [3.8, 4) is 0 Å². The standard InChI is InChI=1S/C19H21N5S/c1-23-8-10-24(11-9-23)18-13-17(20)21-19(22-18)25-16-7-6-14-4-2-3-5-15(14)12-16/h2-7,12-13H,8-11H2,1H3,(H2,20,21,22). The third-order valence-electron chi connectivity index (χ3n) is 4.47. The van der Waals surface area contributed by atoms with E-state index in [0.717, 1.165) is 36.9 Å². The predicted octanol–water partition coefficient (Wildman–Crippen LogP) is 3.12. The van der Waals surface area contributed by atoms with Crippen molar-refractivity contribution in [1.29, 1.82) is 0 Å².